The number of nitrogens with zero attached hydrogens (tertiary/aromatic N) is 4. The molecular weight excluding hydrogens is 360 g/mol. The summed E-state index contributed by atoms with van der Waals surface area (Å²) in [5.74, 6) is -1.71. The van der Waals surface area contributed by atoms with Crippen LogP contribution < -0.4 is 9.47 Å². The molecule has 0 amide bonds. The van der Waals surface area contributed by atoms with Gasteiger partial charge in [-0.3, -0.25) is 4.79 Å². The fourth-order valence-electron chi connectivity index (χ4n) is 2.07. The second-order valence-electron chi connectivity index (χ2n) is 5.10. The lowest BCUT2D eigenvalue weighted by Crippen LogP contribution is -2.19. The van der Waals surface area contributed by atoms with Crippen LogP contribution in [0.3, 0.4) is 0 Å². The van der Waals surface area contributed by atoms with Crippen LogP contribution in [-0.4, -0.2) is 38.6 Å². The molecular formula is C15H10F4N4O3. The Labute approximate surface area is 143 Å². The second-order valence-corrected chi connectivity index (χ2v) is 5.10. The normalized spacial score (nSPS) is 11.6. The van der Waals surface area contributed by atoms with E-state index in [0.29, 0.717) is 17.5 Å². The molecule has 0 aromatic carbocycles. The Kier molecular flexibility index (Phi) is 4.45. The first-order chi connectivity index (χ1) is 12.3. The number of hydrogen-bond donors (Lipinski definition) is 0. The van der Waals surface area contributed by atoms with Gasteiger partial charge in [0.2, 0.25) is 5.88 Å². The number of pyridine rings is 2. The average Bonchev–Trinajstić information content (AvgIpc) is 2.90. The van der Waals surface area contributed by atoms with Crippen LogP contribution in [0.25, 0.3) is 11.2 Å². The van der Waals surface area contributed by atoms with E-state index < -0.39 is 24.3 Å². The van der Waals surface area contributed by atoms with Crippen LogP contribution in [0.5, 0.6) is 17.5 Å². The smallest absolute Gasteiger partial charge is 0.422 e. The second kappa shape index (κ2) is 6.58. The number of fused-ring (bicyclic) bond motifs is 1. The van der Waals surface area contributed by atoms with E-state index in [1.54, 1.807) is 7.05 Å². The first kappa shape index (κ1) is 17.6. The van der Waals surface area contributed by atoms with E-state index in [1.807, 2.05) is 0 Å². The van der Waals surface area contributed by atoms with Crippen LogP contribution in [0.4, 0.5) is 17.6 Å². The zero-order chi connectivity index (χ0) is 18.9. The Morgan fingerprint density at radius 1 is 1.27 bits per heavy atom. The van der Waals surface area contributed by atoms with Gasteiger partial charge >= 0.3 is 6.18 Å². The molecule has 3 heterocycles. The monoisotopic (exact) mass is 370 g/mol. The van der Waals surface area contributed by atoms with E-state index in [2.05, 4.69) is 19.7 Å². The Morgan fingerprint density at radius 3 is 2.73 bits per heavy atom. The summed E-state index contributed by atoms with van der Waals surface area (Å²) in [6.45, 7) is -1.63. The highest BCUT2D eigenvalue weighted by Crippen LogP contribution is 2.31. The van der Waals surface area contributed by atoms with Gasteiger partial charge in [-0.25, -0.2) is 14.4 Å². The fourth-order valence-corrected chi connectivity index (χ4v) is 2.07. The molecule has 3 aromatic heterocycles. The Hall–Kier alpha value is -3.24. The number of halogens is 4. The number of alkyl halides is 3. The molecule has 0 unspecified atom stereocenters. The molecule has 3 rings (SSSR count). The van der Waals surface area contributed by atoms with Crippen molar-refractivity contribution in [3.05, 3.63) is 36.0 Å². The van der Waals surface area contributed by atoms with E-state index >= 15 is 0 Å². The predicted molar refractivity (Wildman–Crippen MR) is 79.7 cm³/mol. The van der Waals surface area contributed by atoms with E-state index in [1.165, 1.54) is 16.7 Å². The fraction of sp³-hybridized carbons (Fsp3) is 0.200. The maximum Gasteiger partial charge on any atom is 0.422 e. The zero-order valence-electron chi connectivity index (χ0n) is 13.1. The molecule has 3 aromatic rings. The maximum atomic E-state index is 13.3. The van der Waals surface area contributed by atoms with Crippen molar-refractivity contribution in [2.45, 2.75) is 6.18 Å². The van der Waals surface area contributed by atoms with Gasteiger partial charge in [0, 0.05) is 19.2 Å². The van der Waals surface area contributed by atoms with Gasteiger partial charge in [-0.2, -0.15) is 18.2 Å². The number of ether oxygens (including phenoxy) is 2. The summed E-state index contributed by atoms with van der Waals surface area (Å²) in [6, 6.07) is 3.61. The molecule has 0 saturated heterocycles. The lowest BCUT2D eigenvalue weighted by molar-refractivity contribution is -0.153. The van der Waals surface area contributed by atoms with Crippen LogP contribution >= 0.6 is 0 Å². The van der Waals surface area contributed by atoms with Crippen molar-refractivity contribution in [1.29, 1.82) is 0 Å². The molecule has 136 valence electrons. The van der Waals surface area contributed by atoms with Crippen molar-refractivity contribution in [2.24, 2.45) is 7.05 Å². The molecule has 0 radical (unpaired) electrons. The summed E-state index contributed by atoms with van der Waals surface area (Å²) in [5, 5.41) is 0. The summed E-state index contributed by atoms with van der Waals surface area (Å²) in [6.07, 6.45) is -3.30. The average molecular weight is 370 g/mol. The number of imidazole rings is 1. The van der Waals surface area contributed by atoms with Crippen LogP contribution in [0.15, 0.2) is 24.4 Å². The minimum absolute atomic E-state index is 0.0473. The van der Waals surface area contributed by atoms with Gasteiger partial charge in [0.1, 0.15) is 11.3 Å². The highest BCUT2D eigenvalue weighted by atomic mass is 19.4. The molecule has 11 heteroatoms. The number of carbonyl (C=O) groups excluding carboxylic acids is 1. The number of carbonyl (C=O) groups is 1. The van der Waals surface area contributed by atoms with E-state index in [0.717, 1.165) is 12.3 Å². The molecule has 0 saturated carbocycles. The third-order valence-electron chi connectivity index (χ3n) is 3.21. The van der Waals surface area contributed by atoms with Crippen molar-refractivity contribution in [1.82, 2.24) is 19.5 Å². The lowest BCUT2D eigenvalue weighted by Gasteiger charge is -2.12. The van der Waals surface area contributed by atoms with Crippen molar-refractivity contribution >= 4 is 17.5 Å². The summed E-state index contributed by atoms with van der Waals surface area (Å²) < 4.78 is 61.5. The van der Waals surface area contributed by atoms with Gasteiger partial charge in [-0.15, -0.1) is 0 Å². The molecule has 0 fully saturated rings. The summed E-state index contributed by atoms with van der Waals surface area (Å²) >= 11 is 0. The van der Waals surface area contributed by atoms with Gasteiger partial charge in [-0.05, 0) is 6.07 Å². The highest BCUT2D eigenvalue weighted by molar-refractivity contribution is 5.80. The standard InChI is InChI=1S/C15H10F4N4O3/c1-23-11(6-24)21-9-2-3-12(22-13(9)23)26-14-10(4-8(16)5-20-14)25-7-15(17,18)19/h2-6H,7H2,1H3. The van der Waals surface area contributed by atoms with Gasteiger partial charge in [-0.1, -0.05) is 0 Å². The Balaban J connectivity index is 1.92. The topological polar surface area (TPSA) is 79.1 Å². The maximum absolute atomic E-state index is 13.3. The molecule has 0 atom stereocenters. The Bertz CT molecular complexity index is 971. The number of aldehydes is 1. The van der Waals surface area contributed by atoms with Gasteiger partial charge in [0.15, 0.2) is 30.1 Å². The third kappa shape index (κ3) is 3.71. The van der Waals surface area contributed by atoms with E-state index in [4.69, 9.17) is 4.74 Å². The lowest BCUT2D eigenvalue weighted by atomic mass is 10.4. The molecule has 7 nitrogen and oxygen atoms in total. The van der Waals surface area contributed by atoms with E-state index in [-0.39, 0.29) is 17.6 Å². The quantitative estimate of drug-likeness (QED) is 0.507. The van der Waals surface area contributed by atoms with E-state index in [9.17, 15) is 22.4 Å². The minimum atomic E-state index is -4.61. The molecule has 0 spiro atoms. The first-order valence-corrected chi connectivity index (χ1v) is 7.08. The summed E-state index contributed by atoms with van der Waals surface area (Å²) in [7, 11) is 1.56. The number of aromatic nitrogens is 4. The van der Waals surface area contributed by atoms with Crippen molar-refractivity contribution in [2.75, 3.05) is 6.61 Å². The number of rotatable bonds is 5. The first-order valence-electron chi connectivity index (χ1n) is 7.08. The van der Waals surface area contributed by atoms with Gasteiger partial charge in [0.25, 0.3) is 5.88 Å². The highest BCUT2D eigenvalue weighted by Gasteiger charge is 2.29. The predicted octanol–water partition coefficient (Wildman–Crippen LogP) is 3.05. The molecule has 0 aliphatic heterocycles. The van der Waals surface area contributed by atoms with Crippen molar-refractivity contribution < 1.29 is 31.8 Å². The van der Waals surface area contributed by atoms with Gasteiger partial charge < -0.3 is 14.0 Å². The van der Waals surface area contributed by atoms with Crippen molar-refractivity contribution in [3.8, 4) is 17.5 Å². The Morgan fingerprint density at radius 2 is 2.04 bits per heavy atom. The third-order valence-corrected chi connectivity index (χ3v) is 3.21. The SMILES string of the molecule is Cn1c(C=O)nc2ccc(Oc3ncc(F)cc3OCC(F)(F)F)nc21. The number of aryl methyl sites for hydroxylation is 1. The summed E-state index contributed by atoms with van der Waals surface area (Å²) in [5.41, 5.74) is 0.729. The van der Waals surface area contributed by atoms with Crippen LogP contribution in [0, 0.1) is 5.82 Å². The number of hydrogen-bond acceptors (Lipinski definition) is 6. The minimum Gasteiger partial charge on any atom is -0.478 e. The van der Waals surface area contributed by atoms with Crippen LogP contribution in [-0.2, 0) is 7.05 Å². The molecule has 0 aliphatic rings. The molecule has 26 heavy (non-hydrogen) atoms. The van der Waals surface area contributed by atoms with Crippen molar-refractivity contribution in [3.63, 3.8) is 0 Å². The molecule has 0 aliphatic carbocycles. The van der Waals surface area contributed by atoms with Crippen LogP contribution in [0.1, 0.15) is 10.6 Å². The molecule has 0 N–H and O–H groups in total. The summed E-state index contributed by atoms with van der Waals surface area (Å²) in [4.78, 5) is 22.6. The zero-order valence-corrected chi connectivity index (χ0v) is 13.1. The van der Waals surface area contributed by atoms with Crippen LogP contribution in [0.2, 0.25) is 0 Å². The largest absolute Gasteiger partial charge is 0.478 e. The van der Waals surface area contributed by atoms with Gasteiger partial charge in [0.05, 0.1) is 6.20 Å². The molecule has 0 bridgehead atoms.